The van der Waals surface area contributed by atoms with Crippen LogP contribution in [0.3, 0.4) is 0 Å². The minimum Gasteiger partial charge on any atom is -0.204 e. The summed E-state index contributed by atoms with van der Waals surface area (Å²) in [4.78, 5) is 0. The first-order valence-electron chi connectivity index (χ1n) is 11.6. The fraction of sp³-hybridized carbons (Fsp3) is 0.379. The van der Waals surface area contributed by atoms with Crippen LogP contribution in [0, 0.1) is 29.4 Å². The lowest BCUT2D eigenvalue weighted by atomic mass is 9.78. The van der Waals surface area contributed by atoms with Crippen molar-refractivity contribution in [1.82, 2.24) is 0 Å². The van der Waals surface area contributed by atoms with Crippen molar-refractivity contribution in [3.8, 4) is 11.8 Å². The van der Waals surface area contributed by atoms with Gasteiger partial charge in [-0.1, -0.05) is 68.0 Å². The van der Waals surface area contributed by atoms with E-state index in [9.17, 15) is 8.78 Å². The van der Waals surface area contributed by atoms with E-state index in [-0.39, 0.29) is 0 Å². The fourth-order valence-corrected chi connectivity index (χ4v) is 4.63. The monoisotopic (exact) mass is 416 g/mol. The van der Waals surface area contributed by atoms with Crippen LogP contribution < -0.4 is 0 Å². The van der Waals surface area contributed by atoms with Gasteiger partial charge in [0.05, 0.1) is 0 Å². The highest BCUT2D eigenvalue weighted by atomic mass is 19.2. The predicted molar refractivity (Wildman–Crippen MR) is 125 cm³/mol. The third-order valence-electron chi connectivity index (χ3n) is 6.57. The molecule has 0 spiro atoms. The molecule has 0 atom stereocenters. The molecule has 0 N–H and O–H groups in total. The topological polar surface area (TPSA) is 0 Å². The average molecular weight is 417 g/mol. The summed E-state index contributed by atoms with van der Waals surface area (Å²) in [5.41, 5.74) is 3.73. The molecule has 0 unspecified atom stereocenters. The molecular formula is C29H30F2. The van der Waals surface area contributed by atoms with Gasteiger partial charge in [0.15, 0.2) is 11.6 Å². The van der Waals surface area contributed by atoms with Crippen LogP contribution in [0.4, 0.5) is 8.78 Å². The minimum atomic E-state index is -0.787. The smallest absolute Gasteiger partial charge is 0.166 e. The van der Waals surface area contributed by atoms with Crippen molar-refractivity contribution in [2.45, 2.75) is 64.2 Å². The van der Waals surface area contributed by atoms with Gasteiger partial charge in [-0.3, -0.25) is 0 Å². The SMILES string of the molecule is CCCCCc1ccc(C#CC2CCC(c3ccc4c(F)c(F)ccc4c3)CC2)cc1. The molecule has 1 saturated carbocycles. The van der Waals surface area contributed by atoms with Gasteiger partial charge in [0.1, 0.15) is 0 Å². The van der Waals surface area contributed by atoms with Crippen molar-refractivity contribution < 1.29 is 8.78 Å². The first-order valence-corrected chi connectivity index (χ1v) is 11.6. The standard InChI is InChI=1S/C29H30F2/c1-2-3-4-5-21-6-8-22(9-7-21)10-11-23-12-14-24(15-13-23)25-16-18-27-26(20-25)17-19-28(30)29(27)31/h6-9,16-20,23-24H,2-5,12-15H2,1H3. The van der Waals surface area contributed by atoms with Gasteiger partial charge in [-0.25, -0.2) is 8.78 Å². The number of unbranched alkanes of at least 4 members (excludes halogenated alkanes) is 2. The summed E-state index contributed by atoms with van der Waals surface area (Å²) in [5, 5.41) is 1.14. The van der Waals surface area contributed by atoms with Gasteiger partial charge in [0.2, 0.25) is 0 Å². The molecule has 0 aliphatic heterocycles. The Morgan fingerprint density at radius 2 is 1.65 bits per heavy atom. The van der Waals surface area contributed by atoms with Gasteiger partial charge in [-0.15, -0.1) is 0 Å². The average Bonchev–Trinajstić information content (AvgIpc) is 2.81. The molecule has 2 heteroatoms. The van der Waals surface area contributed by atoms with Crippen LogP contribution in [-0.2, 0) is 6.42 Å². The van der Waals surface area contributed by atoms with Gasteiger partial charge < -0.3 is 0 Å². The number of fused-ring (bicyclic) bond motifs is 1. The third-order valence-corrected chi connectivity index (χ3v) is 6.57. The van der Waals surface area contributed by atoms with Gasteiger partial charge >= 0.3 is 0 Å². The Bertz CT molecular complexity index is 1080. The van der Waals surface area contributed by atoms with E-state index in [0.29, 0.717) is 17.2 Å². The summed E-state index contributed by atoms with van der Waals surface area (Å²) in [7, 11) is 0. The van der Waals surface area contributed by atoms with E-state index in [2.05, 4.69) is 43.0 Å². The molecule has 1 fully saturated rings. The van der Waals surface area contributed by atoms with Gasteiger partial charge in [0, 0.05) is 16.9 Å². The Labute approximate surface area is 184 Å². The van der Waals surface area contributed by atoms with Crippen molar-refractivity contribution in [2.24, 2.45) is 5.92 Å². The van der Waals surface area contributed by atoms with E-state index >= 15 is 0 Å². The molecule has 31 heavy (non-hydrogen) atoms. The molecule has 0 bridgehead atoms. The van der Waals surface area contributed by atoms with Crippen LogP contribution in [0.2, 0.25) is 0 Å². The van der Waals surface area contributed by atoms with Gasteiger partial charge in [-0.05, 0) is 79.2 Å². The van der Waals surface area contributed by atoms with Gasteiger partial charge in [0.25, 0.3) is 0 Å². The molecule has 0 saturated heterocycles. The summed E-state index contributed by atoms with van der Waals surface area (Å²) >= 11 is 0. The Kier molecular flexibility index (Phi) is 7.03. The highest BCUT2D eigenvalue weighted by Crippen LogP contribution is 2.37. The van der Waals surface area contributed by atoms with Crippen molar-refractivity contribution in [3.63, 3.8) is 0 Å². The number of hydrogen-bond acceptors (Lipinski definition) is 0. The number of benzene rings is 3. The summed E-state index contributed by atoms with van der Waals surface area (Å²) < 4.78 is 27.4. The lowest BCUT2D eigenvalue weighted by Crippen LogP contribution is -2.12. The molecule has 160 valence electrons. The maximum atomic E-state index is 13.9. The zero-order valence-corrected chi connectivity index (χ0v) is 18.3. The largest absolute Gasteiger partial charge is 0.204 e. The molecule has 0 amide bonds. The van der Waals surface area contributed by atoms with E-state index in [1.165, 1.54) is 36.5 Å². The van der Waals surface area contributed by atoms with Crippen LogP contribution in [0.15, 0.2) is 54.6 Å². The van der Waals surface area contributed by atoms with Crippen molar-refractivity contribution in [3.05, 3.63) is 82.9 Å². The number of aryl methyl sites for hydroxylation is 1. The first-order chi connectivity index (χ1) is 15.1. The molecule has 1 aliphatic rings. The molecule has 3 aromatic rings. The van der Waals surface area contributed by atoms with E-state index in [1.54, 1.807) is 12.1 Å². The first kappa shape index (κ1) is 21.6. The van der Waals surface area contributed by atoms with Crippen molar-refractivity contribution >= 4 is 10.8 Å². The van der Waals surface area contributed by atoms with Crippen molar-refractivity contribution in [1.29, 1.82) is 0 Å². The van der Waals surface area contributed by atoms with E-state index in [4.69, 9.17) is 0 Å². The molecule has 0 nitrogen and oxygen atoms in total. The van der Waals surface area contributed by atoms with Crippen LogP contribution in [0.25, 0.3) is 10.8 Å². The predicted octanol–water partition coefficient (Wildman–Crippen LogP) is 8.18. The van der Waals surface area contributed by atoms with Crippen molar-refractivity contribution in [2.75, 3.05) is 0 Å². The second kappa shape index (κ2) is 10.1. The Morgan fingerprint density at radius 3 is 2.39 bits per heavy atom. The third kappa shape index (κ3) is 5.34. The Balaban J connectivity index is 1.34. The van der Waals surface area contributed by atoms with E-state index in [1.807, 2.05) is 12.1 Å². The molecule has 1 aliphatic carbocycles. The Morgan fingerprint density at radius 1 is 0.871 bits per heavy atom. The molecular weight excluding hydrogens is 386 g/mol. The van der Waals surface area contributed by atoms with Crippen LogP contribution in [0.1, 0.15) is 74.5 Å². The highest BCUT2D eigenvalue weighted by molar-refractivity contribution is 5.84. The van der Waals surface area contributed by atoms with Crippen LogP contribution in [0.5, 0.6) is 0 Å². The maximum Gasteiger partial charge on any atom is 0.166 e. The molecule has 3 aromatic carbocycles. The molecule has 0 aromatic heterocycles. The molecule has 0 heterocycles. The lowest BCUT2D eigenvalue weighted by molar-refractivity contribution is 0.385. The normalized spacial score (nSPS) is 18.5. The molecule has 4 rings (SSSR count). The maximum absolute atomic E-state index is 13.9. The summed E-state index contributed by atoms with van der Waals surface area (Å²) in [6.07, 6.45) is 9.31. The lowest BCUT2D eigenvalue weighted by Gasteiger charge is -2.26. The summed E-state index contributed by atoms with van der Waals surface area (Å²) in [5.74, 6) is 6.22. The fourth-order valence-electron chi connectivity index (χ4n) is 4.63. The second-order valence-electron chi connectivity index (χ2n) is 8.81. The quantitative estimate of drug-likeness (QED) is 0.291. The highest BCUT2D eigenvalue weighted by Gasteiger charge is 2.21. The second-order valence-corrected chi connectivity index (χ2v) is 8.81. The summed E-state index contributed by atoms with van der Waals surface area (Å²) in [6.45, 7) is 2.23. The summed E-state index contributed by atoms with van der Waals surface area (Å²) in [6, 6.07) is 17.3. The zero-order chi connectivity index (χ0) is 21.6. The number of halogens is 2. The van der Waals surface area contributed by atoms with Crippen LogP contribution >= 0.6 is 0 Å². The van der Waals surface area contributed by atoms with Crippen LogP contribution in [-0.4, -0.2) is 0 Å². The minimum absolute atomic E-state index is 0.361. The molecule has 0 radical (unpaired) electrons. The zero-order valence-electron chi connectivity index (χ0n) is 18.3. The number of hydrogen-bond donors (Lipinski definition) is 0. The Hall–Kier alpha value is -2.66. The number of rotatable bonds is 5. The van der Waals surface area contributed by atoms with E-state index < -0.39 is 11.6 Å². The van der Waals surface area contributed by atoms with E-state index in [0.717, 1.165) is 43.1 Å². The van der Waals surface area contributed by atoms with Gasteiger partial charge in [-0.2, -0.15) is 0 Å².